The number of rotatable bonds is 2. The van der Waals surface area contributed by atoms with Gasteiger partial charge in [0.1, 0.15) is 0 Å². The van der Waals surface area contributed by atoms with Crippen molar-refractivity contribution in [1.29, 1.82) is 5.41 Å². The minimum atomic E-state index is 0. The number of allylic oxidation sites excluding steroid dienone is 1. The predicted molar refractivity (Wildman–Crippen MR) is 88.4 cm³/mol. The molecular formula is C16H24ClN3. The third-order valence-electron chi connectivity index (χ3n) is 3.96. The Morgan fingerprint density at radius 1 is 1.25 bits per heavy atom. The molecule has 0 amide bonds. The van der Waals surface area contributed by atoms with Gasteiger partial charge in [0.05, 0.1) is 0 Å². The van der Waals surface area contributed by atoms with Crippen LogP contribution in [0.1, 0.15) is 29.5 Å². The molecule has 1 heterocycles. The number of nitrogens with two attached hydrogens (primary N) is 1. The third kappa shape index (κ3) is 4.01. The van der Waals surface area contributed by atoms with Gasteiger partial charge < -0.3 is 10.6 Å². The van der Waals surface area contributed by atoms with Crippen molar-refractivity contribution in [2.45, 2.75) is 26.7 Å². The van der Waals surface area contributed by atoms with Crippen molar-refractivity contribution in [3.63, 3.8) is 0 Å². The van der Waals surface area contributed by atoms with Gasteiger partial charge in [0.2, 0.25) is 0 Å². The molecule has 1 aromatic rings. The molecule has 1 aliphatic heterocycles. The van der Waals surface area contributed by atoms with Crippen molar-refractivity contribution in [3.05, 3.63) is 41.0 Å². The second-order valence-electron chi connectivity index (χ2n) is 5.37. The maximum Gasteiger partial charge on any atom is 0.188 e. The molecule has 3 N–H and O–H groups in total. The lowest BCUT2D eigenvalue weighted by atomic mass is 9.94. The highest BCUT2D eigenvalue weighted by molar-refractivity contribution is 5.85. The monoisotopic (exact) mass is 293 g/mol. The van der Waals surface area contributed by atoms with Crippen LogP contribution in [0.25, 0.3) is 6.08 Å². The summed E-state index contributed by atoms with van der Waals surface area (Å²) in [7, 11) is 0. The highest BCUT2D eigenvalue weighted by Crippen LogP contribution is 2.21. The summed E-state index contributed by atoms with van der Waals surface area (Å²) in [6.07, 6.45) is 6.76. The van der Waals surface area contributed by atoms with Crippen molar-refractivity contribution >= 4 is 24.4 Å². The number of benzene rings is 1. The molecule has 0 spiro atoms. The highest BCUT2D eigenvalue weighted by Gasteiger charge is 2.17. The first-order valence-corrected chi connectivity index (χ1v) is 6.91. The molecule has 0 aromatic heterocycles. The molecule has 2 rings (SSSR count). The number of nitrogens with zero attached hydrogens (tertiary/aromatic N) is 1. The quantitative estimate of drug-likeness (QED) is 0.649. The van der Waals surface area contributed by atoms with E-state index < -0.39 is 0 Å². The second-order valence-corrected chi connectivity index (χ2v) is 5.37. The van der Waals surface area contributed by atoms with E-state index in [4.69, 9.17) is 11.1 Å². The van der Waals surface area contributed by atoms with Gasteiger partial charge in [-0.25, -0.2) is 0 Å². The molecule has 0 saturated carbocycles. The first kappa shape index (κ1) is 16.6. The van der Waals surface area contributed by atoms with E-state index >= 15 is 0 Å². The van der Waals surface area contributed by atoms with Crippen LogP contribution in [0, 0.1) is 25.2 Å². The molecular weight excluding hydrogens is 270 g/mol. The van der Waals surface area contributed by atoms with Crippen molar-refractivity contribution < 1.29 is 0 Å². The topological polar surface area (TPSA) is 53.1 Å². The summed E-state index contributed by atoms with van der Waals surface area (Å²) in [5.74, 6) is 0.812. The summed E-state index contributed by atoms with van der Waals surface area (Å²) in [5.41, 5.74) is 9.51. The fourth-order valence-corrected chi connectivity index (χ4v) is 2.66. The Bertz CT molecular complexity index is 468. The molecule has 1 saturated heterocycles. The summed E-state index contributed by atoms with van der Waals surface area (Å²) in [6, 6.07) is 6.42. The van der Waals surface area contributed by atoms with E-state index in [0.717, 1.165) is 25.9 Å². The average molecular weight is 294 g/mol. The number of halogens is 1. The Hall–Kier alpha value is -1.48. The Kier molecular flexibility index (Phi) is 6.08. The molecule has 0 aliphatic carbocycles. The second kappa shape index (κ2) is 7.34. The van der Waals surface area contributed by atoms with Gasteiger partial charge in [-0.05, 0) is 49.3 Å². The van der Waals surface area contributed by atoms with Crippen LogP contribution < -0.4 is 5.73 Å². The maximum absolute atomic E-state index is 7.43. The van der Waals surface area contributed by atoms with Crippen LogP contribution in [-0.4, -0.2) is 23.9 Å². The van der Waals surface area contributed by atoms with Crippen LogP contribution in [0.3, 0.4) is 0 Å². The van der Waals surface area contributed by atoms with Gasteiger partial charge in [-0.2, -0.15) is 0 Å². The van der Waals surface area contributed by atoms with Crippen LogP contribution >= 0.6 is 12.4 Å². The predicted octanol–water partition coefficient (Wildman–Crippen LogP) is 3.34. The Balaban J connectivity index is 0.00000200. The van der Waals surface area contributed by atoms with Gasteiger partial charge >= 0.3 is 0 Å². The van der Waals surface area contributed by atoms with Crippen LogP contribution in [-0.2, 0) is 0 Å². The maximum atomic E-state index is 7.43. The van der Waals surface area contributed by atoms with Crippen LogP contribution in [0.5, 0.6) is 0 Å². The molecule has 1 aromatic carbocycles. The Morgan fingerprint density at radius 2 is 1.80 bits per heavy atom. The lowest BCUT2D eigenvalue weighted by Gasteiger charge is -2.30. The van der Waals surface area contributed by atoms with E-state index in [1.54, 1.807) is 0 Å². The largest absolute Gasteiger partial charge is 0.370 e. The first-order chi connectivity index (χ1) is 9.08. The number of hydrogen-bond acceptors (Lipinski definition) is 1. The van der Waals surface area contributed by atoms with Crippen molar-refractivity contribution in [3.8, 4) is 0 Å². The van der Waals surface area contributed by atoms with Gasteiger partial charge in [-0.1, -0.05) is 30.4 Å². The van der Waals surface area contributed by atoms with Gasteiger partial charge in [0.25, 0.3) is 0 Å². The molecule has 0 atom stereocenters. The molecule has 0 bridgehead atoms. The summed E-state index contributed by atoms with van der Waals surface area (Å²) >= 11 is 0. The number of piperidine rings is 1. The average Bonchev–Trinajstić information content (AvgIpc) is 2.38. The van der Waals surface area contributed by atoms with Crippen molar-refractivity contribution in [1.82, 2.24) is 4.90 Å². The van der Waals surface area contributed by atoms with Gasteiger partial charge in [-0.15, -0.1) is 12.4 Å². The number of hydrogen-bond donors (Lipinski definition) is 2. The van der Waals surface area contributed by atoms with Crippen molar-refractivity contribution in [2.24, 2.45) is 11.7 Å². The van der Waals surface area contributed by atoms with Gasteiger partial charge in [-0.3, -0.25) is 5.41 Å². The van der Waals surface area contributed by atoms with Gasteiger partial charge in [0, 0.05) is 13.1 Å². The summed E-state index contributed by atoms with van der Waals surface area (Å²) in [5, 5.41) is 7.43. The fraction of sp³-hybridized carbons (Fsp3) is 0.438. The minimum absolute atomic E-state index is 0. The normalized spacial score (nSPS) is 16.2. The molecule has 3 nitrogen and oxygen atoms in total. The summed E-state index contributed by atoms with van der Waals surface area (Å²) in [6.45, 7) is 6.12. The zero-order chi connectivity index (χ0) is 13.8. The van der Waals surface area contributed by atoms with Crippen LogP contribution in [0.4, 0.5) is 0 Å². The first-order valence-electron chi connectivity index (χ1n) is 6.91. The minimum Gasteiger partial charge on any atom is -0.370 e. The molecule has 1 aliphatic rings. The van der Waals surface area contributed by atoms with E-state index in [-0.39, 0.29) is 18.4 Å². The van der Waals surface area contributed by atoms with Crippen LogP contribution in [0.2, 0.25) is 0 Å². The molecule has 110 valence electrons. The van der Waals surface area contributed by atoms with E-state index in [2.05, 4.69) is 44.2 Å². The molecule has 1 fully saturated rings. The number of nitrogens with one attached hydrogen (secondary N) is 1. The lowest BCUT2D eigenvalue weighted by molar-refractivity contribution is 0.295. The SMILES string of the molecule is Cc1cccc(C)c1/C=C/C1CCN(C(=N)N)CC1.Cl. The zero-order valence-electron chi connectivity index (χ0n) is 12.2. The number of aryl methyl sites for hydroxylation is 2. The van der Waals surface area contributed by atoms with E-state index in [1.165, 1.54) is 16.7 Å². The number of likely N-dealkylation sites (tertiary alicyclic amines) is 1. The van der Waals surface area contributed by atoms with Crippen LogP contribution in [0.15, 0.2) is 24.3 Å². The van der Waals surface area contributed by atoms with E-state index in [0.29, 0.717) is 5.92 Å². The Labute approximate surface area is 127 Å². The van der Waals surface area contributed by atoms with E-state index in [9.17, 15) is 0 Å². The standard InChI is InChI=1S/C16H23N3.ClH/c1-12-4-3-5-13(2)15(12)7-6-14-8-10-19(11-9-14)16(17)18;/h3-7,14H,8-11H2,1-2H3,(H3,17,18);1H/b7-6+;. The fourth-order valence-electron chi connectivity index (χ4n) is 2.66. The number of guanidine groups is 1. The third-order valence-corrected chi connectivity index (χ3v) is 3.96. The summed E-state index contributed by atoms with van der Waals surface area (Å²) in [4.78, 5) is 1.95. The molecule has 0 unspecified atom stereocenters. The van der Waals surface area contributed by atoms with Crippen molar-refractivity contribution in [2.75, 3.05) is 13.1 Å². The van der Waals surface area contributed by atoms with Gasteiger partial charge in [0.15, 0.2) is 5.96 Å². The smallest absolute Gasteiger partial charge is 0.188 e. The molecule has 0 radical (unpaired) electrons. The summed E-state index contributed by atoms with van der Waals surface area (Å²) < 4.78 is 0. The molecule has 20 heavy (non-hydrogen) atoms. The zero-order valence-corrected chi connectivity index (χ0v) is 13.0. The molecule has 4 heteroatoms. The lowest BCUT2D eigenvalue weighted by Crippen LogP contribution is -2.41. The highest BCUT2D eigenvalue weighted by atomic mass is 35.5. The Morgan fingerprint density at radius 3 is 2.30 bits per heavy atom. The van der Waals surface area contributed by atoms with E-state index in [1.807, 2.05) is 4.90 Å².